The van der Waals surface area contributed by atoms with E-state index in [1.54, 1.807) is 25.5 Å². The Bertz CT molecular complexity index is 1270. The highest BCUT2D eigenvalue weighted by Gasteiger charge is 2.17. The second kappa shape index (κ2) is 11.0. The summed E-state index contributed by atoms with van der Waals surface area (Å²) in [4.78, 5) is 13.2. The second-order valence-corrected chi connectivity index (χ2v) is 10.4. The van der Waals surface area contributed by atoms with Crippen LogP contribution in [-0.2, 0) is 4.79 Å². The van der Waals surface area contributed by atoms with Crippen LogP contribution < -0.4 is 10.2 Å². The lowest BCUT2D eigenvalue weighted by Gasteiger charge is -2.11. The predicted molar refractivity (Wildman–Crippen MR) is 137 cm³/mol. The number of nitrogens with one attached hydrogen (secondary N) is 1. The Kier molecular flexibility index (Phi) is 7.81. The number of thioether (sulfide) groups is 1. The molecule has 168 valence electrons. The van der Waals surface area contributed by atoms with Gasteiger partial charge >= 0.3 is 0 Å². The minimum atomic E-state index is -0.247. The molecule has 2 aromatic carbocycles. The lowest BCUT2D eigenvalue weighted by Crippen LogP contribution is -2.19. The van der Waals surface area contributed by atoms with Gasteiger partial charge in [0.2, 0.25) is 0 Å². The lowest BCUT2D eigenvalue weighted by atomic mass is 10.2. The Labute approximate surface area is 212 Å². The quantitative estimate of drug-likeness (QED) is 0.170. The van der Waals surface area contributed by atoms with Crippen LogP contribution in [-0.4, -0.2) is 39.7 Å². The number of hydrogen-bond acceptors (Lipinski definition) is 7. The van der Waals surface area contributed by atoms with Crippen LogP contribution in [0.4, 0.5) is 0 Å². The molecule has 0 unspecified atom stereocenters. The maximum absolute atomic E-state index is 12.3. The monoisotopic (exact) mass is 561 g/mol. The molecule has 0 aliphatic rings. The van der Waals surface area contributed by atoms with Gasteiger partial charge in [-0.1, -0.05) is 23.4 Å². The van der Waals surface area contributed by atoms with E-state index < -0.39 is 0 Å². The van der Waals surface area contributed by atoms with Crippen LogP contribution in [0.25, 0.3) is 17.1 Å². The zero-order chi connectivity index (χ0) is 23.2. The minimum absolute atomic E-state index is 0.125. The number of aromatic nitrogens is 3. The molecule has 0 bridgehead atoms. The van der Waals surface area contributed by atoms with Gasteiger partial charge in [-0.2, -0.15) is 5.10 Å². The molecular formula is C22H17BrClN5O2S2. The number of amides is 1. The number of carbonyl (C=O) groups is 1. The number of methoxy groups -OCH3 is 1. The summed E-state index contributed by atoms with van der Waals surface area (Å²) in [7, 11) is 1.62. The highest BCUT2D eigenvalue weighted by molar-refractivity contribution is 9.11. The molecule has 0 radical (unpaired) electrons. The van der Waals surface area contributed by atoms with Crippen LogP contribution in [0.1, 0.15) is 4.88 Å². The third kappa shape index (κ3) is 6.02. The van der Waals surface area contributed by atoms with E-state index in [2.05, 4.69) is 36.7 Å². The third-order valence-electron chi connectivity index (χ3n) is 4.37. The zero-order valence-electron chi connectivity index (χ0n) is 17.2. The topological polar surface area (TPSA) is 81.4 Å². The molecule has 0 saturated heterocycles. The van der Waals surface area contributed by atoms with Crippen molar-refractivity contribution in [1.29, 1.82) is 0 Å². The average Bonchev–Trinajstić information content (AvgIpc) is 3.44. The van der Waals surface area contributed by atoms with Crippen molar-refractivity contribution in [3.8, 4) is 22.8 Å². The molecule has 0 fully saturated rings. The molecule has 0 aliphatic carbocycles. The molecule has 2 aromatic heterocycles. The smallest absolute Gasteiger partial charge is 0.250 e. The number of rotatable bonds is 8. The Morgan fingerprint density at radius 1 is 1.18 bits per heavy atom. The van der Waals surface area contributed by atoms with E-state index in [1.165, 1.54) is 23.1 Å². The summed E-state index contributed by atoms with van der Waals surface area (Å²) >= 11 is 12.3. The van der Waals surface area contributed by atoms with Crippen molar-refractivity contribution in [2.75, 3.05) is 12.9 Å². The van der Waals surface area contributed by atoms with E-state index in [1.807, 2.05) is 53.1 Å². The van der Waals surface area contributed by atoms with Crippen molar-refractivity contribution in [2.24, 2.45) is 5.10 Å². The van der Waals surface area contributed by atoms with Crippen LogP contribution >= 0.6 is 50.6 Å². The van der Waals surface area contributed by atoms with Crippen molar-refractivity contribution >= 4 is 62.8 Å². The first-order chi connectivity index (χ1) is 16.0. The van der Waals surface area contributed by atoms with Gasteiger partial charge in [-0.3, -0.25) is 9.36 Å². The van der Waals surface area contributed by atoms with Crippen molar-refractivity contribution in [3.63, 3.8) is 0 Å². The minimum Gasteiger partial charge on any atom is -0.497 e. The molecule has 11 heteroatoms. The van der Waals surface area contributed by atoms with E-state index in [-0.39, 0.29) is 11.7 Å². The number of benzene rings is 2. The molecule has 4 aromatic rings. The van der Waals surface area contributed by atoms with Crippen molar-refractivity contribution < 1.29 is 9.53 Å². The van der Waals surface area contributed by atoms with E-state index in [0.717, 1.165) is 25.7 Å². The fourth-order valence-electron chi connectivity index (χ4n) is 2.84. The highest BCUT2D eigenvalue weighted by Crippen LogP contribution is 2.29. The molecule has 1 N–H and O–H groups in total. The Hall–Kier alpha value is -2.66. The predicted octanol–water partition coefficient (Wildman–Crippen LogP) is 5.66. The van der Waals surface area contributed by atoms with Crippen molar-refractivity contribution in [1.82, 2.24) is 20.2 Å². The normalized spacial score (nSPS) is 11.1. The van der Waals surface area contributed by atoms with Gasteiger partial charge in [0, 0.05) is 21.2 Å². The van der Waals surface area contributed by atoms with Crippen molar-refractivity contribution in [2.45, 2.75) is 5.16 Å². The fraction of sp³-hybridized carbons (Fsp3) is 0.0909. The zero-order valence-corrected chi connectivity index (χ0v) is 21.2. The largest absolute Gasteiger partial charge is 0.497 e. The molecule has 0 aliphatic heterocycles. The first-order valence-electron chi connectivity index (χ1n) is 9.59. The molecule has 2 heterocycles. The molecule has 0 atom stereocenters. The first-order valence-corrected chi connectivity index (χ1v) is 12.6. The van der Waals surface area contributed by atoms with Crippen LogP contribution in [0.15, 0.2) is 74.7 Å². The van der Waals surface area contributed by atoms with Crippen molar-refractivity contribution in [3.05, 3.63) is 74.3 Å². The lowest BCUT2D eigenvalue weighted by molar-refractivity contribution is -0.118. The Morgan fingerprint density at radius 3 is 2.61 bits per heavy atom. The maximum atomic E-state index is 12.3. The number of thiophene rings is 1. The number of carbonyl (C=O) groups excluding carboxylic acids is 1. The highest BCUT2D eigenvalue weighted by atomic mass is 79.9. The van der Waals surface area contributed by atoms with Gasteiger partial charge in [0.15, 0.2) is 11.0 Å². The fourth-order valence-corrected chi connectivity index (χ4v) is 5.01. The van der Waals surface area contributed by atoms with E-state index in [0.29, 0.717) is 16.0 Å². The molecular weight excluding hydrogens is 546 g/mol. The van der Waals surface area contributed by atoms with Crippen LogP contribution in [0.5, 0.6) is 5.75 Å². The SMILES string of the molecule is COc1ccc(-c2nnc(SCC(=O)N/N=C\c3ccc(Br)s3)n2-c2ccc(Cl)cc2)cc1. The first kappa shape index (κ1) is 23.5. The summed E-state index contributed by atoms with van der Waals surface area (Å²) in [6.45, 7) is 0. The summed E-state index contributed by atoms with van der Waals surface area (Å²) in [6, 6.07) is 18.7. The second-order valence-electron chi connectivity index (χ2n) is 6.57. The number of ether oxygens (including phenoxy) is 1. The summed E-state index contributed by atoms with van der Waals surface area (Å²) < 4.78 is 8.14. The van der Waals surface area contributed by atoms with Crippen LogP contribution in [0.2, 0.25) is 5.02 Å². The number of halogens is 2. The van der Waals surface area contributed by atoms with E-state index in [4.69, 9.17) is 16.3 Å². The molecule has 0 saturated carbocycles. The van der Waals surface area contributed by atoms with Gasteiger partial charge < -0.3 is 4.74 Å². The van der Waals surface area contributed by atoms with Gasteiger partial charge in [-0.15, -0.1) is 21.5 Å². The summed E-state index contributed by atoms with van der Waals surface area (Å²) in [5.41, 5.74) is 4.24. The Balaban J connectivity index is 1.53. The van der Waals surface area contributed by atoms with Gasteiger partial charge in [0.05, 0.1) is 22.9 Å². The summed E-state index contributed by atoms with van der Waals surface area (Å²) in [5, 5.41) is 13.9. The van der Waals surface area contributed by atoms with E-state index in [9.17, 15) is 4.79 Å². The molecule has 33 heavy (non-hydrogen) atoms. The van der Waals surface area contributed by atoms with Gasteiger partial charge in [-0.05, 0) is 76.6 Å². The average molecular weight is 563 g/mol. The Morgan fingerprint density at radius 2 is 1.94 bits per heavy atom. The van der Waals surface area contributed by atoms with Crippen LogP contribution in [0, 0.1) is 0 Å². The number of nitrogens with zero attached hydrogens (tertiary/aromatic N) is 4. The molecule has 7 nitrogen and oxygen atoms in total. The van der Waals surface area contributed by atoms with Gasteiger partial charge in [0.25, 0.3) is 5.91 Å². The standard InChI is InChI=1S/C22H17BrClN5O2S2/c1-31-17-8-2-14(3-9-17)21-27-28-22(29(21)16-6-4-15(24)5-7-16)32-13-20(30)26-25-12-18-10-11-19(23)33-18/h2-12H,13H2,1H3,(H,26,30)/b25-12-. The van der Waals surface area contributed by atoms with Gasteiger partial charge in [0.1, 0.15) is 5.75 Å². The number of hydrazone groups is 1. The van der Waals surface area contributed by atoms with E-state index >= 15 is 0 Å². The third-order valence-corrected chi connectivity index (χ3v) is 7.11. The number of hydrogen-bond donors (Lipinski definition) is 1. The summed E-state index contributed by atoms with van der Waals surface area (Å²) in [5.74, 6) is 1.27. The van der Waals surface area contributed by atoms with Gasteiger partial charge in [-0.25, -0.2) is 5.43 Å². The molecule has 4 rings (SSSR count). The molecule has 0 spiro atoms. The summed E-state index contributed by atoms with van der Waals surface area (Å²) in [6.07, 6.45) is 1.61. The van der Waals surface area contributed by atoms with Crippen LogP contribution in [0.3, 0.4) is 0 Å². The molecule has 1 amide bonds. The maximum Gasteiger partial charge on any atom is 0.250 e.